The number of fused-ring (bicyclic) bond motifs is 1. The summed E-state index contributed by atoms with van der Waals surface area (Å²) in [4.78, 5) is 0. The Balaban J connectivity index is 1.99. The topological polar surface area (TPSA) is 25.2 Å². The van der Waals surface area contributed by atoms with E-state index >= 15 is 0 Å². The molecule has 1 aliphatic heterocycles. The first-order chi connectivity index (χ1) is 8.24. The van der Waals surface area contributed by atoms with Gasteiger partial charge in [0.2, 0.25) is 0 Å². The van der Waals surface area contributed by atoms with Gasteiger partial charge in [0, 0.05) is 11.3 Å². The Labute approximate surface area is 99.8 Å². The number of benzene rings is 1. The highest BCUT2D eigenvalue weighted by molar-refractivity contribution is 5.78. The van der Waals surface area contributed by atoms with Gasteiger partial charge in [0.15, 0.2) is 0 Å². The molecular weight excluding hydrogens is 217 g/mol. The van der Waals surface area contributed by atoms with Gasteiger partial charge in [-0.15, -0.1) is 0 Å². The quantitative estimate of drug-likeness (QED) is 0.817. The molecule has 1 saturated heterocycles. The molecule has 1 aromatic carbocycles. The molecule has 2 unspecified atom stereocenters. The summed E-state index contributed by atoms with van der Waals surface area (Å²) < 4.78 is 19.0. The molecule has 2 aromatic rings. The number of furan rings is 1. The summed E-state index contributed by atoms with van der Waals surface area (Å²) in [5.41, 5.74) is 0.784. The molecule has 3 heteroatoms. The Hall–Kier alpha value is -1.35. The number of rotatable bonds is 1. The zero-order valence-electron chi connectivity index (χ0n) is 9.87. The molecule has 2 atom stereocenters. The Kier molecular flexibility index (Phi) is 2.63. The molecule has 0 amide bonds. The van der Waals surface area contributed by atoms with Crippen molar-refractivity contribution in [3.8, 4) is 0 Å². The molecule has 2 heterocycles. The van der Waals surface area contributed by atoms with E-state index in [0.717, 1.165) is 36.2 Å². The number of hydrogen-bond acceptors (Lipinski definition) is 2. The van der Waals surface area contributed by atoms with Crippen LogP contribution < -0.4 is 5.32 Å². The van der Waals surface area contributed by atoms with Gasteiger partial charge in [-0.2, -0.15) is 0 Å². The second-order valence-corrected chi connectivity index (χ2v) is 4.91. The standard InChI is InChI=1S/C14H16FNO/c1-9-8-16-5-4-12(9)14-7-10-6-11(15)2-3-13(10)17-14/h2-3,6-7,9,12,16H,4-5,8H2,1H3. The molecule has 0 radical (unpaired) electrons. The summed E-state index contributed by atoms with van der Waals surface area (Å²) in [5, 5.41) is 4.24. The average Bonchev–Trinajstić information content (AvgIpc) is 2.72. The van der Waals surface area contributed by atoms with Gasteiger partial charge >= 0.3 is 0 Å². The van der Waals surface area contributed by atoms with E-state index in [1.807, 2.05) is 6.07 Å². The average molecular weight is 233 g/mol. The lowest BCUT2D eigenvalue weighted by Crippen LogP contribution is -2.33. The van der Waals surface area contributed by atoms with Crippen LogP contribution in [0.2, 0.25) is 0 Å². The maximum Gasteiger partial charge on any atom is 0.134 e. The second-order valence-electron chi connectivity index (χ2n) is 4.91. The van der Waals surface area contributed by atoms with Crippen LogP contribution in [0.15, 0.2) is 28.7 Å². The van der Waals surface area contributed by atoms with E-state index in [1.165, 1.54) is 12.1 Å². The molecule has 0 spiro atoms. The van der Waals surface area contributed by atoms with Crippen LogP contribution in [0, 0.1) is 11.7 Å². The fourth-order valence-electron chi connectivity index (χ4n) is 2.65. The molecule has 1 aliphatic rings. The molecule has 0 bridgehead atoms. The second kappa shape index (κ2) is 4.15. The summed E-state index contributed by atoms with van der Waals surface area (Å²) >= 11 is 0. The lowest BCUT2D eigenvalue weighted by Gasteiger charge is -2.27. The van der Waals surface area contributed by atoms with Crippen LogP contribution >= 0.6 is 0 Å². The van der Waals surface area contributed by atoms with E-state index < -0.39 is 0 Å². The van der Waals surface area contributed by atoms with Crippen molar-refractivity contribution < 1.29 is 8.81 Å². The first kappa shape index (κ1) is 10.8. The number of piperidine rings is 1. The lowest BCUT2D eigenvalue weighted by molar-refractivity contribution is 0.311. The Morgan fingerprint density at radius 2 is 2.24 bits per heavy atom. The van der Waals surface area contributed by atoms with Crippen LogP contribution in [-0.4, -0.2) is 13.1 Å². The first-order valence-electron chi connectivity index (χ1n) is 6.14. The van der Waals surface area contributed by atoms with Crippen molar-refractivity contribution in [1.29, 1.82) is 0 Å². The van der Waals surface area contributed by atoms with Crippen molar-refractivity contribution in [3.05, 3.63) is 35.8 Å². The van der Waals surface area contributed by atoms with Gasteiger partial charge in [0.1, 0.15) is 17.2 Å². The number of nitrogens with one attached hydrogen (secondary N) is 1. The van der Waals surface area contributed by atoms with Gasteiger partial charge in [-0.1, -0.05) is 6.92 Å². The molecule has 0 aliphatic carbocycles. The smallest absolute Gasteiger partial charge is 0.134 e. The van der Waals surface area contributed by atoms with Gasteiger partial charge in [0.25, 0.3) is 0 Å². The van der Waals surface area contributed by atoms with Gasteiger partial charge in [0.05, 0.1) is 0 Å². The van der Waals surface area contributed by atoms with Crippen LogP contribution in [0.4, 0.5) is 4.39 Å². The third-order valence-corrected chi connectivity index (χ3v) is 3.65. The molecule has 3 rings (SSSR count). The van der Waals surface area contributed by atoms with Crippen LogP contribution in [-0.2, 0) is 0 Å². The molecule has 0 saturated carbocycles. The minimum atomic E-state index is -0.205. The minimum Gasteiger partial charge on any atom is -0.461 e. The van der Waals surface area contributed by atoms with E-state index in [2.05, 4.69) is 12.2 Å². The van der Waals surface area contributed by atoms with E-state index in [4.69, 9.17) is 4.42 Å². The van der Waals surface area contributed by atoms with E-state index in [0.29, 0.717) is 11.8 Å². The summed E-state index contributed by atoms with van der Waals surface area (Å²) in [7, 11) is 0. The summed E-state index contributed by atoms with van der Waals surface area (Å²) in [5.74, 6) is 1.81. The maximum absolute atomic E-state index is 13.1. The highest BCUT2D eigenvalue weighted by atomic mass is 19.1. The number of hydrogen-bond donors (Lipinski definition) is 1. The van der Waals surface area contributed by atoms with Gasteiger partial charge < -0.3 is 9.73 Å². The molecule has 2 nitrogen and oxygen atoms in total. The fourth-order valence-corrected chi connectivity index (χ4v) is 2.65. The van der Waals surface area contributed by atoms with Crippen LogP contribution in [0.1, 0.15) is 25.0 Å². The van der Waals surface area contributed by atoms with Crippen molar-refractivity contribution in [2.24, 2.45) is 5.92 Å². The monoisotopic (exact) mass is 233 g/mol. The van der Waals surface area contributed by atoms with Crippen molar-refractivity contribution in [3.63, 3.8) is 0 Å². The van der Waals surface area contributed by atoms with Crippen molar-refractivity contribution in [1.82, 2.24) is 5.32 Å². The molecule has 17 heavy (non-hydrogen) atoms. The van der Waals surface area contributed by atoms with Crippen LogP contribution in [0.5, 0.6) is 0 Å². The SMILES string of the molecule is CC1CNCCC1c1cc2cc(F)ccc2o1. The van der Waals surface area contributed by atoms with Crippen molar-refractivity contribution in [2.75, 3.05) is 13.1 Å². The zero-order valence-corrected chi connectivity index (χ0v) is 9.87. The molecule has 1 aromatic heterocycles. The van der Waals surface area contributed by atoms with Gasteiger partial charge in [-0.05, 0) is 49.7 Å². The number of halogens is 1. The van der Waals surface area contributed by atoms with E-state index in [-0.39, 0.29) is 5.82 Å². The predicted octanol–water partition coefficient (Wildman–Crippen LogP) is 3.28. The Morgan fingerprint density at radius 1 is 1.35 bits per heavy atom. The zero-order chi connectivity index (χ0) is 11.8. The fraction of sp³-hybridized carbons (Fsp3) is 0.429. The molecule has 90 valence electrons. The van der Waals surface area contributed by atoms with Gasteiger partial charge in [-0.25, -0.2) is 4.39 Å². The summed E-state index contributed by atoms with van der Waals surface area (Å²) in [6, 6.07) is 6.68. The van der Waals surface area contributed by atoms with Crippen LogP contribution in [0.25, 0.3) is 11.0 Å². The highest BCUT2D eigenvalue weighted by Crippen LogP contribution is 2.33. The van der Waals surface area contributed by atoms with Crippen LogP contribution in [0.3, 0.4) is 0 Å². The first-order valence-corrected chi connectivity index (χ1v) is 6.14. The highest BCUT2D eigenvalue weighted by Gasteiger charge is 2.25. The Morgan fingerprint density at radius 3 is 3.06 bits per heavy atom. The summed E-state index contributed by atoms with van der Waals surface area (Å²) in [6.45, 7) is 4.28. The third kappa shape index (κ3) is 1.95. The third-order valence-electron chi connectivity index (χ3n) is 3.65. The van der Waals surface area contributed by atoms with E-state index in [9.17, 15) is 4.39 Å². The largest absolute Gasteiger partial charge is 0.461 e. The normalized spacial score (nSPS) is 25.3. The van der Waals surface area contributed by atoms with Gasteiger partial charge in [-0.3, -0.25) is 0 Å². The van der Waals surface area contributed by atoms with Crippen molar-refractivity contribution >= 4 is 11.0 Å². The minimum absolute atomic E-state index is 0.205. The molecular formula is C14H16FNO. The van der Waals surface area contributed by atoms with Crippen molar-refractivity contribution in [2.45, 2.75) is 19.3 Å². The molecule has 1 N–H and O–H groups in total. The predicted molar refractivity (Wildman–Crippen MR) is 65.6 cm³/mol. The van der Waals surface area contributed by atoms with E-state index in [1.54, 1.807) is 6.07 Å². The lowest BCUT2D eigenvalue weighted by atomic mass is 9.86. The summed E-state index contributed by atoms with van der Waals surface area (Å²) in [6.07, 6.45) is 1.09. The maximum atomic E-state index is 13.1. The molecule has 1 fully saturated rings. The Bertz CT molecular complexity index is 534.